The van der Waals surface area contributed by atoms with Crippen LogP contribution in [0, 0.1) is 6.92 Å². The standard InChI is InChI=1S/C12H16F3N/c1-3-6-16-8-10-4-5-11(7-9(10)2)12(13,14)15/h4-5,7,16H,3,6,8H2,1-2H3. The average molecular weight is 231 g/mol. The minimum Gasteiger partial charge on any atom is -0.313 e. The minimum absolute atomic E-state index is 0.579. The number of hydrogen-bond acceptors (Lipinski definition) is 1. The first kappa shape index (κ1) is 13.0. The molecule has 0 aliphatic rings. The topological polar surface area (TPSA) is 12.0 Å². The second-order valence-electron chi connectivity index (χ2n) is 3.82. The highest BCUT2D eigenvalue weighted by atomic mass is 19.4. The molecule has 0 aromatic heterocycles. The summed E-state index contributed by atoms with van der Waals surface area (Å²) in [5, 5.41) is 3.17. The lowest BCUT2D eigenvalue weighted by molar-refractivity contribution is -0.137. The Labute approximate surface area is 93.7 Å². The van der Waals surface area contributed by atoms with E-state index in [1.54, 1.807) is 13.0 Å². The first-order valence-electron chi connectivity index (χ1n) is 5.32. The van der Waals surface area contributed by atoms with Crippen molar-refractivity contribution in [3.8, 4) is 0 Å². The van der Waals surface area contributed by atoms with Crippen LogP contribution in [0.15, 0.2) is 18.2 Å². The van der Waals surface area contributed by atoms with E-state index in [0.29, 0.717) is 12.1 Å². The Morgan fingerprint density at radius 2 is 1.94 bits per heavy atom. The Hall–Kier alpha value is -1.03. The van der Waals surface area contributed by atoms with Crippen LogP contribution in [0.4, 0.5) is 13.2 Å². The highest BCUT2D eigenvalue weighted by molar-refractivity contribution is 5.32. The van der Waals surface area contributed by atoms with Gasteiger partial charge in [-0.15, -0.1) is 0 Å². The van der Waals surface area contributed by atoms with Gasteiger partial charge in [0.05, 0.1) is 5.56 Å². The maximum atomic E-state index is 12.4. The van der Waals surface area contributed by atoms with Gasteiger partial charge in [0.1, 0.15) is 0 Å². The molecule has 0 bridgehead atoms. The minimum atomic E-state index is -4.25. The van der Waals surface area contributed by atoms with Crippen molar-refractivity contribution < 1.29 is 13.2 Å². The Morgan fingerprint density at radius 3 is 2.44 bits per heavy atom. The van der Waals surface area contributed by atoms with Crippen molar-refractivity contribution in [1.29, 1.82) is 0 Å². The van der Waals surface area contributed by atoms with Crippen LogP contribution in [0.2, 0.25) is 0 Å². The molecule has 0 radical (unpaired) electrons. The molecule has 0 aliphatic heterocycles. The first-order valence-corrected chi connectivity index (χ1v) is 5.32. The average Bonchev–Trinajstić information content (AvgIpc) is 2.19. The van der Waals surface area contributed by atoms with Crippen LogP contribution in [0.5, 0.6) is 0 Å². The SMILES string of the molecule is CCCNCc1ccc(C(F)(F)F)cc1C. The fourth-order valence-electron chi connectivity index (χ4n) is 1.47. The van der Waals surface area contributed by atoms with E-state index >= 15 is 0 Å². The van der Waals surface area contributed by atoms with Crippen molar-refractivity contribution in [2.24, 2.45) is 0 Å². The van der Waals surface area contributed by atoms with E-state index in [2.05, 4.69) is 5.32 Å². The quantitative estimate of drug-likeness (QED) is 0.782. The van der Waals surface area contributed by atoms with Gasteiger partial charge in [0.15, 0.2) is 0 Å². The van der Waals surface area contributed by atoms with Gasteiger partial charge in [-0.3, -0.25) is 0 Å². The van der Waals surface area contributed by atoms with E-state index in [9.17, 15) is 13.2 Å². The summed E-state index contributed by atoms with van der Waals surface area (Å²) in [5.41, 5.74) is 1.02. The molecule has 1 nitrogen and oxygen atoms in total. The molecule has 90 valence electrons. The van der Waals surface area contributed by atoms with Gasteiger partial charge < -0.3 is 5.32 Å². The Balaban J connectivity index is 2.76. The van der Waals surface area contributed by atoms with Gasteiger partial charge in [-0.2, -0.15) is 13.2 Å². The third-order valence-corrected chi connectivity index (χ3v) is 2.41. The fourth-order valence-corrected chi connectivity index (χ4v) is 1.47. The molecule has 1 aromatic carbocycles. The molecule has 0 aliphatic carbocycles. The summed E-state index contributed by atoms with van der Waals surface area (Å²) >= 11 is 0. The molecule has 1 rings (SSSR count). The predicted molar refractivity (Wildman–Crippen MR) is 58.2 cm³/mol. The Kier molecular flexibility index (Phi) is 4.35. The van der Waals surface area contributed by atoms with Gasteiger partial charge >= 0.3 is 6.18 Å². The van der Waals surface area contributed by atoms with Crippen LogP contribution < -0.4 is 5.32 Å². The summed E-state index contributed by atoms with van der Waals surface area (Å²) in [5.74, 6) is 0. The molecule has 16 heavy (non-hydrogen) atoms. The summed E-state index contributed by atoms with van der Waals surface area (Å²) < 4.78 is 37.2. The van der Waals surface area contributed by atoms with E-state index in [1.807, 2.05) is 6.92 Å². The van der Waals surface area contributed by atoms with E-state index in [-0.39, 0.29) is 0 Å². The number of nitrogens with one attached hydrogen (secondary N) is 1. The van der Waals surface area contributed by atoms with Crippen molar-refractivity contribution in [2.75, 3.05) is 6.54 Å². The molecular formula is C12H16F3N. The smallest absolute Gasteiger partial charge is 0.313 e. The molecule has 0 fully saturated rings. The second kappa shape index (κ2) is 5.34. The molecule has 0 unspecified atom stereocenters. The Bertz CT molecular complexity index is 345. The molecule has 0 saturated heterocycles. The van der Waals surface area contributed by atoms with Crippen molar-refractivity contribution in [1.82, 2.24) is 5.32 Å². The van der Waals surface area contributed by atoms with Crippen molar-refractivity contribution >= 4 is 0 Å². The fraction of sp³-hybridized carbons (Fsp3) is 0.500. The first-order chi connectivity index (χ1) is 7.45. The summed E-state index contributed by atoms with van der Waals surface area (Å²) in [6, 6.07) is 3.87. The zero-order valence-electron chi connectivity index (χ0n) is 9.49. The lowest BCUT2D eigenvalue weighted by Gasteiger charge is -2.11. The number of hydrogen-bond donors (Lipinski definition) is 1. The predicted octanol–water partition coefficient (Wildman–Crippen LogP) is 3.51. The summed E-state index contributed by atoms with van der Waals surface area (Å²) in [7, 11) is 0. The maximum absolute atomic E-state index is 12.4. The highest BCUT2D eigenvalue weighted by Gasteiger charge is 2.30. The zero-order chi connectivity index (χ0) is 12.2. The monoisotopic (exact) mass is 231 g/mol. The van der Waals surface area contributed by atoms with Crippen molar-refractivity contribution in [3.05, 3.63) is 34.9 Å². The third kappa shape index (κ3) is 3.52. The van der Waals surface area contributed by atoms with Crippen LogP contribution in [0.1, 0.15) is 30.0 Å². The molecule has 0 saturated carbocycles. The van der Waals surface area contributed by atoms with E-state index < -0.39 is 11.7 Å². The van der Waals surface area contributed by atoms with Crippen LogP contribution in [0.25, 0.3) is 0 Å². The van der Waals surface area contributed by atoms with Crippen LogP contribution >= 0.6 is 0 Å². The second-order valence-corrected chi connectivity index (χ2v) is 3.82. The van der Waals surface area contributed by atoms with E-state index in [1.165, 1.54) is 6.07 Å². The van der Waals surface area contributed by atoms with Gasteiger partial charge in [0.25, 0.3) is 0 Å². The number of alkyl halides is 3. The lowest BCUT2D eigenvalue weighted by Crippen LogP contribution is -2.15. The number of rotatable bonds is 4. The van der Waals surface area contributed by atoms with Gasteiger partial charge in [-0.25, -0.2) is 0 Å². The number of benzene rings is 1. The molecule has 1 N–H and O–H groups in total. The van der Waals surface area contributed by atoms with Crippen LogP contribution in [-0.4, -0.2) is 6.54 Å². The summed E-state index contributed by atoms with van der Waals surface area (Å²) in [6.45, 7) is 5.25. The highest BCUT2D eigenvalue weighted by Crippen LogP contribution is 2.30. The van der Waals surface area contributed by atoms with E-state index in [0.717, 1.165) is 24.6 Å². The van der Waals surface area contributed by atoms with Gasteiger partial charge in [-0.1, -0.05) is 13.0 Å². The third-order valence-electron chi connectivity index (χ3n) is 2.41. The van der Waals surface area contributed by atoms with E-state index in [4.69, 9.17) is 0 Å². The maximum Gasteiger partial charge on any atom is 0.416 e. The largest absolute Gasteiger partial charge is 0.416 e. The molecule has 0 atom stereocenters. The molecule has 4 heteroatoms. The molecule has 0 heterocycles. The normalized spacial score (nSPS) is 11.8. The van der Waals surface area contributed by atoms with Crippen molar-refractivity contribution in [3.63, 3.8) is 0 Å². The van der Waals surface area contributed by atoms with Crippen LogP contribution in [0.3, 0.4) is 0 Å². The summed E-state index contributed by atoms with van der Waals surface area (Å²) in [6.07, 6.45) is -3.24. The zero-order valence-corrected chi connectivity index (χ0v) is 9.49. The summed E-state index contributed by atoms with van der Waals surface area (Å²) in [4.78, 5) is 0. The lowest BCUT2D eigenvalue weighted by atomic mass is 10.0. The van der Waals surface area contributed by atoms with Crippen molar-refractivity contribution in [2.45, 2.75) is 33.0 Å². The number of aryl methyl sites for hydroxylation is 1. The van der Waals surface area contributed by atoms with Gasteiger partial charge in [0, 0.05) is 6.54 Å². The van der Waals surface area contributed by atoms with Crippen LogP contribution in [-0.2, 0) is 12.7 Å². The Morgan fingerprint density at radius 1 is 1.25 bits per heavy atom. The molecule has 0 spiro atoms. The van der Waals surface area contributed by atoms with Gasteiger partial charge in [-0.05, 0) is 43.1 Å². The molecule has 1 aromatic rings. The molecular weight excluding hydrogens is 215 g/mol. The van der Waals surface area contributed by atoms with Gasteiger partial charge in [0.2, 0.25) is 0 Å². The number of halogens is 3. The molecule has 0 amide bonds.